The minimum atomic E-state index is -3.52. The largest absolute Gasteiger partial charge is 0.340 e. The van der Waals surface area contributed by atoms with Crippen molar-refractivity contribution in [1.82, 2.24) is 9.21 Å². The van der Waals surface area contributed by atoms with Crippen molar-refractivity contribution in [2.24, 2.45) is 17.8 Å². The van der Waals surface area contributed by atoms with Gasteiger partial charge in [-0.1, -0.05) is 18.0 Å². The topological polar surface area (TPSA) is 57.7 Å². The molecule has 1 amide bonds. The molecule has 0 unspecified atom stereocenters. The van der Waals surface area contributed by atoms with Crippen molar-refractivity contribution in [2.75, 3.05) is 26.2 Å². The van der Waals surface area contributed by atoms with Crippen LogP contribution in [-0.4, -0.2) is 49.7 Å². The number of benzene rings is 1. The molecule has 1 aromatic rings. The molecule has 3 aliphatic rings. The number of rotatable bonds is 4. The molecule has 2 aliphatic carbocycles. The molecule has 26 heavy (non-hydrogen) atoms. The molecule has 0 aromatic heterocycles. The summed E-state index contributed by atoms with van der Waals surface area (Å²) >= 11 is 5.84. The second kappa shape index (κ2) is 7.13. The zero-order chi connectivity index (χ0) is 18.3. The standard InChI is InChI=1S/C19H25ClN2O3S/c20-17-3-5-18(6-4-17)26(24,25)22-9-7-21(8-10-22)19(23)13-16-12-14-1-2-15(16)11-14/h3-6,14-16H,1-2,7-13H2/t14-,15-,16-/m1/s1. The van der Waals surface area contributed by atoms with Crippen LogP contribution in [0.3, 0.4) is 0 Å². The summed E-state index contributed by atoms with van der Waals surface area (Å²) in [4.78, 5) is 14.7. The first kappa shape index (κ1) is 18.3. The van der Waals surface area contributed by atoms with Crippen LogP contribution in [0, 0.1) is 17.8 Å². The summed E-state index contributed by atoms with van der Waals surface area (Å²) in [5, 5.41) is 0.514. The number of halogens is 1. The van der Waals surface area contributed by atoms with Crippen molar-refractivity contribution in [3.8, 4) is 0 Å². The van der Waals surface area contributed by atoms with E-state index in [1.807, 2.05) is 4.90 Å². The number of sulfonamides is 1. The normalized spacial score (nSPS) is 29.3. The Morgan fingerprint density at radius 2 is 1.73 bits per heavy atom. The molecule has 1 aromatic carbocycles. The molecule has 3 atom stereocenters. The van der Waals surface area contributed by atoms with Crippen molar-refractivity contribution in [1.29, 1.82) is 0 Å². The van der Waals surface area contributed by atoms with Gasteiger partial charge >= 0.3 is 0 Å². The first-order chi connectivity index (χ1) is 12.4. The number of carbonyl (C=O) groups is 1. The fourth-order valence-corrected chi connectivity index (χ4v) is 6.46. The summed E-state index contributed by atoms with van der Waals surface area (Å²) in [5.74, 6) is 2.35. The first-order valence-corrected chi connectivity index (χ1v) is 11.3. The van der Waals surface area contributed by atoms with E-state index in [0.717, 1.165) is 11.8 Å². The zero-order valence-electron chi connectivity index (χ0n) is 14.8. The lowest BCUT2D eigenvalue weighted by Gasteiger charge is -2.35. The van der Waals surface area contributed by atoms with E-state index >= 15 is 0 Å². The van der Waals surface area contributed by atoms with Crippen molar-refractivity contribution >= 4 is 27.5 Å². The molecule has 0 radical (unpaired) electrons. The highest BCUT2D eigenvalue weighted by Gasteiger charge is 2.41. The van der Waals surface area contributed by atoms with Gasteiger partial charge in [0.15, 0.2) is 0 Å². The number of fused-ring (bicyclic) bond motifs is 2. The van der Waals surface area contributed by atoms with Gasteiger partial charge in [-0.15, -0.1) is 0 Å². The van der Waals surface area contributed by atoms with Gasteiger partial charge in [0.1, 0.15) is 0 Å². The van der Waals surface area contributed by atoms with Crippen LogP contribution in [0.1, 0.15) is 32.1 Å². The Balaban J connectivity index is 1.33. The number of amides is 1. The number of carbonyl (C=O) groups excluding carboxylic acids is 1. The monoisotopic (exact) mass is 396 g/mol. The van der Waals surface area contributed by atoms with E-state index in [2.05, 4.69) is 0 Å². The van der Waals surface area contributed by atoms with Gasteiger partial charge < -0.3 is 4.90 Å². The predicted molar refractivity (Wildman–Crippen MR) is 100 cm³/mol. The molecule has 0 N–H and O–H groups in total. The number of hydrogen-bond acceptors (Lipinski definition) is 3. The van der Waals surface area contributed by atoms with Gasteiger partial charge in [-0.25, -0.2) is 8.42 Å². The smallest absolute Gasteiger partial charge is 0.243 e. The number of nitrogens with zero attached hydrogens (tertiary/aromatic N) is 2. The molecule has 1 aliphatic heterocycles. The van der Waals surface area contributed by atoms with Crippen LogP contribution < -0.4 is 0 Å². The van der Waals surface area contributed by atoms with Gasteiger partial charge in [-0.3, -0.25) is 4.79 Å². The predicted octanol–water partition coefficient (Wildman–Crippen LogP) is 3.00. The fourth-order valence-electron chi connectivity index (χ4n) is 4.91. The summed E-state index contributed by atoms with van der Waals surface area (Å²) in [7, 11) is -3.52. The van der Waals surface area contributed by atoms with Crippen molar-refractivity contribution in [3.63, 3.8) is 0 Å². The number of piperazine rings is 1. The van der Waals surface area contributed by atoms with Crippen LogP contribution in [0.15, 0.2) is 29.2 Å². The van der Waals surface area contributed by atoms with Crippen LogP contribution in [-0.2, 0) is 14.8 Å². The van der Waals surface area contributed by atoms with Gasteiger partial charge in [-0.2, -0.15) is 4.31 Å². The van der Waals surface area contributed by atoms with Crippen LogP contribution in [0.25, 0.3) is 0 Å². The number of hydrogen-bond donors (Lipinski definition) is 0. The minimum absolute atomic E-state index is 0.200. The molecule has 0 spiro atoms. The molecule has 2 bridgehead atoms. The molecule has 5 nitrogen and oxygen atoms in total. The van der Waals surface area contributed by atoms with E-state index in [1.165, 1.54) is 42.1 Å². The Morgan fingerprint density at radius 1 is 1.04 bits per heavy atom. The third kappa shape index (κ3) is 3.51. The molecular weight excluding hydrogens is 372 g/mol. The van der Waals surface area contributed by atoms with Crippen molar-refractivity contribution in [3.05, 3.63) is 29.3 Å². The highest BCUT2D eigenvalue weighted by atomic mass is 35.5. The van der Waals surface area contributed by atoms with E-state index in [4.69, 9.17) is 11.6 Å². The summed E-state index contributed by atoms with van der Waals surface area (Å²) in [6.07, 6.45) is 5.80. The Bertz CT molecular complexity index is 772. The van der Waals surface area contributed by atoms with E-state index in [-0.39, 0.29) is 10.8 Å². The van der Waals surface area contributed by atoms with Crippen molar-refractivity contribution < 1.29 is 13.2 Å². The van der Waals surface area contributed by atoms with Gasteiger partial charge in [0.05, 0.1) is 4.90 Å². The minimum Gasteiger partial charge on any atom is -0.340 e. The van der Waals surface area contributed by atoms with Crippen LogP contribution in [0.5, 0.6) is 0 Å². The van der Waals surface area contributed by atoms with E-state index in [0.29, 0.717) is 43.5 Å². The third-order valence-electron chi connectivity index (χ3n) is 6.36. The van der Waals surface area contributed by atoms with Crippen LogP contribution in [0.4, 0.5) is 0 Å². The molecular formula is C19H25ClN2O3S. The van der Waals surface area contributed by atoms with Crippen LogP contribution >= 0.6 is 11.6 Å². The lowest BCUT2D eigenvalue weighted by molar-refractivity contribution is -0.133. The average molecular weight is 397 g/mol. The summed E-state index contributed by atoms with van der Waals surface area (Å²) in [5.41, 5.74) is 0. The highest BCUT2D eigenvalue weighted by molar-refractivity contribution is 7.89. The van der Waals surface area contributed by atoms with Crippen molar-refractivity contribution in [2.45, 2.75) is 37.0 Å². The molecule has 1 saturated heterocycles. The summed E-state index contributed by atoms with van der Waals surface area (Å²) in [6, 6.07) is 6.24. The third-order valence-corrected chi connectivity index (χ3v) is 8.53. The Kier molecular flexibility index (Phi) is 5.01. The van der Waals surface area contributed by atoms with Gasteiger partial charge in [0, 0.05) is 37.6 Å². The first-order valence-electron chi connectivity index (χ1n) is 9.47. The Labute approximate surface area is 160 Å². The summed E-state index contributed by atoms with van der Waals surface area (Å²) in [6.45, 7) is 1.67. The van der Waals surface area contributed by atoms with Gasteiger partial charge in [0.2, 0.25) is 15.9 Å². The van der Waals surface area contributed by atoms with E-state index in [1.54, 1.807) is 12.1 Å². The maximum Gasteiger partial charge on any atom is 0.243 e. The van der Waals surface area contributed by atoms with Gasteiger partial charge in [0.25, 0.3) is 0 Å². The quantitative estimate of drug-likeness (QED) is 0.786. The molecule has 2 saturated carbocycles. The lowest BCUT2D eigenvalue weighted by Crippen LogP contribution is -2.50. The zero-order valence-corrected chi connectivity index (χ0v) is 16.4. The molecule has 1 heterocycles. The van der Waals surface area contributed by atoms with Crippen LogP contribution in [0.2, 0.25) is 5.02 Å². The maximum absolute atomic E-state index is 12.7. The van der Waals surface area contributed by atoms with E-state index < -0.39 is 10.0 Å². The second-order valence-corrected chi connectivity index (χ2v) is 10.3. The lowest BCUT2D eigenvalue weighted by atomic mass is 9.86. The highest BCUT2D eigenvalue weighted by Crippen LogP contribution is 2.49. The Morgan fingerprint density at radius 3 is 2.31 bits per heavy atom. The average Bonchev–Trinajstić information content (AvgIpc) is 3.25. The Hall–Kier alpha value is -1.11. The fraction of sp³-hybridized carbons (Fsp3) is 0.632. The SMILES string of the molecule is O=C(C[C@H]1C[C@@H]2CC[C@@H]1C2)N1CCN(S(=O)(=O)c2ccc(Cl)cc2)CC1. The molecule has 142 valence electrons. The van der Waals surface area contributed by atoms with Gasteiger partial charge in [-0.05, 0) is 61.3 Å². The maximum atomic E-state index is 12.7. The molecule has 7 heteroatoms. The molecule has 3 fully saturated rings. The summed E-state index contributed by atoms with van der Waals surface area (Å²) < 4.78 is 26.9. The second-order valence-electron chi connectivity index (χ2n) is 7.88. The van der Waals surface area contributed by atoms with E-state index in [9.17, 15) is 13.2 Å². The molecule has 4 rings (SSSR count).